The Balaban J connectivity index is 1.40. The van der Waals surface area contributed by atoms with E-state index in [9.17, 15) is 4.39 Å². The molecule has 0 N–H and O–H groups in total. The lowest BCUT2D eigenvalue weighted by Crippen LogP contribution is -2.20. The molecule has 0 saturated carbocycles. The Morgan fingerprint density at radius 2 is 1.66 bits per heavy atom. The highest BCUT2D eigenvalue weighted by Gasteiger charge is 2.29. The van der Waals surface area contributed by atoms with Crippen LogP contribution in [0.2, 0.25) is 0 Å². The number of halogens is 3. The first-order valence-corrected chi connectivity index (χ1v) is 12.3. The van der Waals surface area contributed by atoms with Gasteiger partial charge in [0.15, 0.2) is 23.1 Å². The summed E-state index contributed by atoms with van der Waals surface area (Å²) in [5.41, 5.74) is 2.79. The van der Waals surface area contributed by atoms with E-state index in [0.717, 1.165) is 31.4 Å². The van der Waals surface area contributed by atoms with Gasteiger partial charge >= 0.3 is 0 Å². The Bertz CT molecular complexity index is 1220. The molecule has 0 amide bonds. The summed E-state index contributed by atoms with van der Waals surface area (Å²) in [6.07, 6.45) is 4.71. The minimum Gasteiger partial charge on any atom is -0.491 e. The van der Waals surface area contributed by atoms with Gasteiger partial charge in [0.2, 0.25) is 11.6 Å². The smallest absolute Gasteiger partial charge is 0.207 e. The first-order chi connectivity index (χ1) is 17.0. The third kappa shape index (κ3) is 4.52. The van der Waals surface area contributed by atoms with Crippen LogP contribution in [0.4, 0.5) is 13.2 Å². The van der Waals surface area contributed by atoms with Gasteiger partial charge in [0.1, 0.15) is 0 Å². The first kappa shape index (κ1) is 23.7. The van der Waals surface area contributed by atoms with Crippen LogP contribution in [0.5, 0.6) is 17.2 Å². The summed E-state index contributed by atoms with van der Waals surface area (Å²) < 4.78 is 61.9. The second-order valence-electron chi connectivity index (χ2n) is 9.29. The molecule has 5 rings (SSSR count). The number of hydrogen-bond acceptors (Lipinski definition) is 3. The summed E-state index contributed by atoms with van der Waals surface area (Å²) in [4.78, 5) is 0. The Labute approximate surface area is 203 Å². The minimum atomic E-state index is -1.12. The highest BCUT2D eigenvalue weighted by Crippen LogP contribution is 2.45. The van der Waals surface area contributed by atoms with Crippen LogP contribution in [0, 0.1) is 23.4 Å². The molecule has 6 heteroatoms. The molecule has 2 aliphatic heterocycles. The van der Waals surface area contributed by atoms with E-state index in [1.165, 1.54) is 12.5 Å². The van der Waals surface area contributed by atoms with Crippen molar-refractivity contribution in [3.63, 3.8) is 0 Å². The van der Waals surface area contributed by atoms with E-state index >= 15 is 8.78 Å². The second-order valence-corrected chi connectivity index (χ2v) is 9.29. The Kier molecular flexibility index (Phi) is 6.74. The van der Waals surface area contributed by atoms with Gasteiger partial charge in [0.25, 0.3) is 0 Å². The molecule has 2 heterocycles. The van der Waals surface area contributed by atoms with Crippen molar-refractivity contribution in [3.8, 4) is 28.4 Å². The summed E-state index contributed by atoms with van der Waals surface area (Å²) in [5, 5.41) is 0. The monoisotopic (exact) mass is 482 g/mol. The van der Waals surface area contributed by atoms with E-state index in [-0.39, 0.29) is 41.9 Å². The molecule has 0 aliphatic carbocycles. The number of fused-ring (bicyclic) bond motifs is 2. The average Bonchev–Trinajstić information content (AvgIpc) is 2.88. The zero-order valence-corrected chi connectivity index (χ0v) is 20.0. The van der Waals surface area contributed by atoms with Gasteiger partial charge in [-0.05, 0) is 55.4 Å². The molecule has 184 valence electrons. The summed E-state index contributed by atoms with van der Waals surface area (Å²) in [5.74, 6) is -2.60. The molecule has 35 heavy (non-hydrogen) atoms. The van der Waals surface area contributed by atoms with Crippen LogP contribution >= 0.6 is 0 Å². The lowest BCUT2D eigenvalue weighted by molar-refractivity contribution is -0.0194. The summed E-state index contributed by atoms with van der Waals surface area (Å²) in [6.45, 7) is 4.97. The predicted molar refractivity (Wildman–Crippen MR) is 129 cm³/mol. The van der Waals surface area contributed by atoms with Gasteiger partial charge in [0.05, 0.1) is 19.3 Å². The van der Waals surface area contributed by atoms with Crippen molar-refractivity contribution in [1.29, 1.82) is 0 Å². The zero-order chi connectivity index (χ0) is 24.5. The highest BCUT2D eigenvalue weighted by molar-refractivity contribution is 5.69. The fraction of sp³-hybridized carbons (Fsp3) is 0.379. The van der Waals surface area contributed by atoms with Crippen molar-refractivity contribution in [3.05, 3.63) is 76.6 Å². The molecule has 0 bridgehead atoms. The number of hydrogen-bond donors (Lipinski definition) is 0. The Morgan fingerprint density at radius 1 is 0.886 bits per heavy atom. The molecular formula is C29H29F3O3. The standard InChI is InChI=1S/C29H29F3O3/c1-3-5-17-6-12-23(34-16-17)19-9-7-18(8-10-19)22-15-21-14-20-11-13-24(33-4-2)26(31)28(20)35-29(21)27(32)25(22)30/h7-11,13,15,17,23H,3-6,12,14,16H2,1-2H3. The van der Waals surface area contributed by atoms with E-state index in [1.54, 1.807) is 31.2 Å². The van der Waals surface area contributed by atoms with E-state index in [1.807, 2.05) is 12.1 Å². The third-order valence-electron chi connectivity index (χ3n) is 6.93. The van der Waals surface area contributed by atoms with Crippen LogP contribution in [0.15, 0.2) is 42.5 Å². The lowest BCUT2D eigenvalue weighted by Gasteiger charge is -2.29. The predicted octanol–water partition coefficient (Wildman–Crippen LogP) is 8.13. The fourth-order valence-electron chi connectivity index (χ4n) is 5.10. The van der Waals surface area contributed by atoms with Gasteiger partial charge in [-0.25, -0.2) is 4.39 Å². The summed E-state index contributed by atoms with van der Waals surface area (Å²) in [6, 6.07) is 12.3. The van der Waals surface area contributed by atoms with Crippen molar-refractivity contribution in [2.24, 2.45) is 5.92 Å². The highest BCUT2D eigenvalue weighted by atomic mass is 19.2. The van der Waals surface area contributed by atoms with E-state index in [4.69, 9.17) is 14.2 Å². The van der Waals surface area contributed by atoms with Crippen molar-refractivity contribution in [2.45, 2.75) is 52.1 Å². The molecule has 0 radical (unpaired) electrons. The normalized spacial score (nSPS) is 19.0. The number of ether oxygens (including phenoxy) is 3. The average molecular weight is 483 g/mol. The maximum Gasteiger partial charge on any atom is 0.207 e. The first-order valence-electron chi connectivity index (χ1n) is 12.3. The molecule has 2 atom stereocenters. The quantitative estimate of drug-likeness (QED) is 0.278. The topological polar surface area (TPSA) is 27.7 Å². The fourth-order valence-corrected chi connectivity index (χ4v) is 5.10. The molecule has 0 spiro atoms. The van der Waals surface area contributed by atoms with Gasteiger partial charge < -0.3 is 14.2 Å². The van der Waals surface area contributed by atoms with Crippen LogP contribution in [0.1, 0.15) is 62.3 Å². The molecule has 2 aliphatic rings. The second kappa shape index (κ2) is 9.94. The Morgan fingerprint density at radius 3 is 2.34 bits per heavy atom. The van der Waals surface area contributed by atoms with Crippen molar-refractivity contribution < 1.29 is 27.4 Å². The lowest BCUT2D eigenvalue weighted by atomic mass is 9.91. The van der Waals surface area contributed by atoms with Crippen molar-refractivity contribution >= 4 is 0 Å². The third-order valence-corrected chi connectivity index (χ3v) is 6.93. The summed E-state index contributed by atoms with van der Waals surface area (Å²) >= 11 is 0. The maximum absolute atomic E-state index is 15.1. The number of benzene rings is 3. The summed E-state index contributed by atoms with van der Waals surface area (Å²) in [7, 11) is 0. The molecule has 0 aromatic heterocycles. The molecule has 3 nitrogen and oxygen atoms in total. The van der Waals surface area contributed by atoms with Crippen LogP contribution in [0.25, 0.3) is 11.1 Å². The minimum absolute atomic E-state index is 0.0233. The molecule has 2 unspecified atom stereocenters. The molecule has 1 saturated heterocycles. The molecular weight excluding hydrogens is 453 g/mol. The molecule has 3 aromatic rings. The SMILES string of the molecule is CCCC1CCC(c2ccc(-c3cc4c(c(F)c3F)Oc3c(ccc(OCC)c3F)C4)cc2)OC1. The van der Waals surface area contributed by atoms with E-state index in [0.29, 0.717) is 22.6 Å². The molecule has 1 fully saturated rings. The van der Waals surface area contributed by atoms with Gasteiger partial charge in [0, 0.05) is 23.1 Å². The van der Waals surface area contributed by atoms with Crippen molar-refractivity contribution in [2.75, 3.05) is 13.2 Å². The van der Waals surface area contributed by atoms with Gasteiger partial charge in [-0.3, -0.25) is 0 Å². The Hall–Kier alpha value is -2.99. The zero-order valence-electron chi connectivity index (χ0n) is 20.0. The molecule has 3 aromatic carbocycles. The largest absolute Gasteiger partial charge is 0.491 e. The van der Waals surface area contributed by atoms with Gasteiger partial charge in [-0.2, -0.15) is 8.78 Å². The van der Waals surface area contributed by atoms with E-state index < -0.39 is 17.5 Å². The van der Waals surface area contributed by atoms with Crippen LogP contribution in [-0.4, -0.2) is 13.2 Å². The van der Waals surface area contributed by atoms with Crippen LogP contribution < -0.4 is 9.47 Å². The number of rotatable bonds is 6. The van der Waals surface area contributed by atoms with Gasteiger partial charge in [-0.15, -0.1) is 0 Å². The van der Waals surface area contributed by atoms with Crippen LogP contribution in [0.3, 0.4) is 0 Å². The maximum atomic E-state index is 15.1. The van der Waals surface area contributed by atoms with E-state index in [2.05, 4.69) is 6.92 Å². The van der Waals surface area contributed by atoms with Crippen LogP contribution in [-0.2, 0) is 11.2 Å². The van der Waals surface area contributed by atoms with Crippen molar-refractivity contribution in [1.82, 2.24) is 0 Å². The van der Waals surface area contributed by atoms with Gasteiger partial charge in [-0.1, -0.05) is 43.7 Å².